The summed E-state index contributed by atoms with van der Waals surface area (Å²) in [5, 5.41) is 6.90. The number of hydrogen-bond acceptors (Lipinski definition) is 8. The number of nitrogens with one attached hydrogen (secondary N) is 2. The summed E-state index contributed by atoms with van der Waals surface area (Å²) in [7, 11) is 0. The van der Waals surface area contributed by atoms with Gasteiger partial charge in [-0.05, 0) is 81.8 Å². The van der Waals surface area contributed by atoms with E-state index >= 15 is 0 Å². The molecule has 2 aliphatic carbocycles. The molecule has 2 aromatic rings. The van der Waals surface area contributed by atoms with Crippen LogP contribution >= 0.6 is 22.7 Å². The fourth-order valence-corrected chi connectivity index (χ4v) is 8.13. The second-order valence-corrected chi connectivity index (χ2v) is 12.7. The highest BCUT2D eigenvalue weighted by Gasteiger charge is 2.30. The van der Waals surface area contributed by atoms with Gasteiger partial charge in [0.15, 0.2) is 0 Å². The van der Waals surface area contributed by atoms with Crippen molar-refractivity contribution in [2.24, 2.45) is 11.8 Å². The predicted octanol–water partition coefficient (Wildman–Crippen LogP) is 6.16. The fourth-order valence-electron chi connectivity index (χ4n) is 5.30. The van der Waals surface area contributed by atoms with Crippen LogP contribution < -0.4 is 10.6 Å². The minimum Gasteiger partial charge on any atom is -0.462 e. The molecular weight excluding hydrogens is 536 g/mol. The zero-order valence-electron chi connectivity index (χ0n) is 23.2. The van der Waals surface area contributed by atoms with Gasteiger partial charge in [0.25, 0.3) is 0 Å². The van der Waals surface area contributed by atoms with E-state index in [0.717, 1.165) is 59.4 Å². The minimum atomic E-state index is -0.398. The number of thiophene rings is 2. The summed E-state index contributed by atoms with van der Waals surface area (Å²) in [5.41, 5.74) is 2.96. The Morgan fingerprint density at radius 2 is 1.15 bits per heavy atom. The van der Waals surface area contributed by atoms with Crippen LogP contribution in [-0.2, 0) is 44.7 Å². The van der Waals surface area contributed by atoms with Crippen molar-refractivity contribution in [3.63, 3.8) is 0 Å². The number of ether oxygens (including phenoxy) is 2. The average Bonchev–Trinajstić information content (AvgIpc) is 3.40. The lowest BCUT2D eigenvalue weighted by molar-refractivity contribution is -0.117. The molecule has 10 heteroatoms. The van der Waals surface area contributed by atoms with E-state index in [4.69, 9.17) is 9.47 Å². The summed E-state index contributed by atoms with van der Waals surface area (Å²) in [6, 6.07) is 0. The van der Waals surface area contributed by atoms with E-state index in [0.29, 0.717) is 39.4 Å². The molecule has 0 saturated carbocycles. The fraction of sp³-hybridized carbons (Fsp3) is 0.586. The SMILES string of the molecule is CCOC(=O)c1c(NC(=O)CCCC(=O)Nc2sc3c(c2C(=O)OCC)CC[C@H](C)C3)sc2c1CC[C@@H](C)C2. The summed E-state index contributed by atoms with van der Waals surface area (Å²) in [6.07, 6.45) is 6.00. The van der Waals surface area contributed by atoms with E-state index < -0.39 is 11.9 Å². The van der Waals surface area contributed by atoms with Crippen LogP contribution in [0.4, 0.5) is 10.0 Å². The van der Waals surface area contributed by atoms with Crippen LogP contribution in [0.2, 0.25) is 0 Å². The lowest BCUT2D eigenvalue weighted by Crippen LogP contribution is -2.18. The third-order valence-electron chi connectivity index (χ3n) is 7.30. The Morgan fingerprint density at radius 3 is 1.54 bits per heavy atom. The van der Waals surface area contributed by atoms with Crippen molar-refractivity contribution in [2.45, 2.75) is 85.5 Å². The number of rotatable bonds is 10. The molecule has 2 atom stereocenters. The zero-order chi connectivity index (χ0) is 28.1. The maximum Gasteiger partial charge on any atom is 0.341 e. The molecule has 2 heterocycles. The average molecular weight is 575 g/mol. The minimum absolute atomic E-state index is 0.137. The molecule has 0 aliphatic heterocycles. The number of esters is 2. The Bertz CT molecular complexity index is 1150. The molecule has 2 N–H and O–H groups in total. The molecule has 4 rings (SSSR count). The first-order valence-corrected chi connectivity index (χ1v) is 15.6. The molecule has 0 fully saturated rings. The lowest BCUT2D eigenvalue weighted by Gasteiger charge is -2.18. The van der Waals surface area contributed by atoms with Crippen LogP contribution in [-0.4, -0.2) is 37.0 Å². The van der Waals surface area contributed by atoms with Crippen molar-refractivity contribution in [3.05, 3.63) is 32.0 Å². The number of anilines is 2. The van der Waals surface area contributed by atoms with Crippen molar-refractivity contribution in [2.75, 3.05) is 23.8 Å². The summed E-state index contributed by atoms with van der Waals surface area (Å²) >= 11 is 2.91. The van der Waals surface area contributed by atoms with E-state index in [2.05, 4.69) is 24.5 Å². The number of fused-ring (bicyclic) bond motifs is 2. The highest BCUT2D eigenvalue weighted by Crippen LogP contribution is 2.41. The van der Waals surface area contributed by atoms with Crippen LogP contribution in [0.5, 0.6) is 0 Å². The Kier molecular flexibility index (Phi) is 9.82. The molecule has 0 saturated heterocycles. The molecular formula is C29H38N2O6S2. The predicted molar refractivity (Wildman–Crippen MR) is 154 cm³/mol. The Balaban J connectivity index is 1.37. The smallest absolute Gasteiger partial charge is 0.341 e. The quantitative estimate of drug-likeness (QED) is 0.329. The largest absolute Gasteiger partial charge is 0.462 e. The summed E-state index contributed by atoms with van der Waals surface area (Å²) in [5.74, 6) is -0.209. The van der Waals surface area contributed by atoms with Gasteiger partial charge in [-0.3, -0.25) is 9.59 Å². The molecule has 39 heavy (non-hydrogen) atoms. The third kappa shape index (κ3) is 6.90. The number of carbonyl (C=O) groups is 4. The van der Waals surface area contributed by atoms with Crippen LogP contribution in [0.1, 0.15) is 101 Å². The molecule has 2 aliphatic rings. The normalized spacial score (nSPS) is 18.1. The van der Waals surface area contributed by atoms with E-state index in [1.54, 1.807) is 13.8 Å². The number of carbonyl (C=O) groups excluding carboxylic acids is 4. The second-order valence-electron chi connectivity index (χ2n) is 10.5. The topological polar surface area (TPSA) is 111 Å². The van der Waals surface area contributed by atoms with E-state index in [1.807, 2.05) is 0 Å². The number of amides is 2. The van der Waals surface area contributed by atoms with Gasteiger partial charge in [0.2, 0.25) is 11.8 Å². The third-order valence-corrected chi connectivity index (χ3v) is 9.64. The van der Waals surface area contributed by atoms with Crippen molar-refractivity contribution in [1.82, 2.24) is 0 Å². The first-order valence-electron chi connectivity index (χ1n) is 13.9. The van der Waals surface area contributed by atoms with Crippen LogP contribution in [0.25, 0.3) is 0 Å². The van der Waals surface area contributed by atoms with Crippen molar-refractivity contribution < 1.29 is 28.7 Å². The summed E-state index contributed by atoms with van der Waals surface area (Å²) in [4.78, 5) is 53.2. The maximum atomic E-state index is 12.8. The molecule has 8 nitrogen and oxygen atoms in total. The first kappa shape index (κ1) is 29.3. The highest BCUT2D eigenvalue weighted by atomic mass is 32.1. The van der Waals surface area contributed by atoms with Gasteiger partial charge in [0.1, 0.15) is 10.0 Å². The molecule has 0 unspecified atom stereocenters. The van der Waals surface area contributed by atoms with Crippen molar-refractivity contribution in [3.8, 4) is 0 Å². The molecule has 2 aromatic heterocycles. The first-order chi connectivity index (χ1) is 18.7. The van der Waals surface area contributed by atoms with Gasteiger partial charge in [0.05, 0.1) is 24.3 Å². The molecule has 2 amide bonds. The van der Waals surface area contributed by atoms with E-state index in [1.165, 1.54) is 22.7 Å². The lowest BCUT2D eigenvalue weighted by atomic mass is 9.88. The molecule has 0 spiro atoms. The van der Waals surface area contributed by atoms with Gasteiger partial charge in [-0.25, -0.2) is 9.59 Å². The molecule has 212 valence electrons. The Labute approximate surface area is 237 Å². The molecule has 0 bridgehead atoms. The Hall–Kier alpha value is -2.72. The monoisotopic (exact) mass is 574 g/mol. The van der Waals surface area contributed by atoms with Gasteiger partial charge in [-0.15, -0.1) is 22.7 Å². The van der Waals surface area contributed by atoms with E-state index in [-0.39, 0.29) is 37.9 Å². The van der Waals surface area contributed by atoms with Gasteiger partial charge in [0, 0.05) is 22.6 Å². The molecule has 0 radical (unpaired) electrons. The van der Waals surface area contributed by atoms with Crippen LogP contribution in [0, 0.1) is 11.8 Å². The zero-order valence-corrected chi connectivity index (χ0v) is 24.8. The Morgan fingerprint density at radius 1 is 0.744 bits per heavy atom. The molecule has 0 aromatic carbocycles. The van der Waals surface area contributed by atoms with Gasteiger partial charge < -0.3 is 20.1 Å². The van der Waals surface area contributed by atoms with Gasteiger partial charge in [-0.2, -0.15) is 0 Å². The number of hydrogen-bond donors (Lipinski definition) is 2. The van der Waals surface area contributed by atoms with Crippen molar-refractivity contribution in [1.29, 1.82) is 0 Å². The van der Waals surface area contributed by atoms with Gasteiger partial charge >= 0.3 is 11.9 Å². The van der Waals surface area contributed by atoms with E-state index in [9.17, 15) is 19.2 Å². The van der Waals surface area contributed by atoms with Crippen LogP contribution in [0.3, 0.4) is 0 Å². The second kappa shape index (κ2) is 13.1. The standard InChI is InChI=1S/C29H38N2O6S2/c1-5-36-28(34)24-18-12-10-16(3)14-20(18)38-26(24)30-22(32)8-7-9-23(33)31-27-25(29(35)37-6-2)19-13-11-17(4)15-21(19)39-27/h16-17H,5-15H2,1-4H3,(H,30,32)(H,31,33)/t16-,17+. The summed E-state index contributed by atoms with van der Waals surface area (Å²) in [6.45, 7) is 8.46. The maximum absolute atomic E-state index is 12.8. The highest BCUT2D eigenvalue weighted by molar-refractivity contribution is 7.17. The van der Waals surface area contributed by atoms with Crippen molar-refractivity contribution >= 4 is 56.4 Å². The summed E-state index contributed by atoms with van der Waals surface area (Å²) < 4.78 is 10.6. The van der Waals surface area contributed by atoms with Gasteiger partial charge in [-0.1, -0.05) is 13.8 Å². The van der Waals surface area contributed by atoms with Crippen LogP contribution in [0.15, 0.2) is 0 Å².